The summed E-state index contributed by atoms with van der Waals surface area (Å²) >= 11 is 0. The smallest absolute Gasteiger partial charge is 0.134 e. The molecule has 0 unspecified atom stereocenters. The Balaban J connectivity index is 1.83. The summed E-state index contributed by atoms with van der Waals surface area (Å²) in [5.74, 6) is 0.868. The van der Waals surface area contributed by atoms with Crippen LogP contribution in [-0.4, -0.2) is 41.3 Å². The average molecular weight is 332 g/mol. The fourth-order valence-electron chi connectivity index (χ4n) is 3.13. The van der Waals surface area contributed by atoms with Gasteiger partial charge in [0.1, 0.15) is 5.82 Å². The number of hydrogen-bond acceptors (Lipinski definition) is 5. The summed E-state index contributed by atoms with van der Waals surface area (Å²) in [6.45, 7) is 2.25. The maximum atomic E-state index is 8.84. The molecule has 126 valence electrons. The van der Waals surface area contributed by atoms with Crippen molar-refractivity contribution in [2.45, 2.75) is 0 Å². The number of aromatic nitrogens is 2. The van der Waals surface area contributed by atoms with Gasteiger partial charge in [0.25, 0.3) is 0 Å². The Morgan fingerprint density at radius 3 is 2.40 bits per heavy atom. The van der Waals surface area contributed by atoms with E-state index in [9.17, 15) is 0 Å². The van der Waals surface area contributed by atoms with E-state index in [4.69, 9.17) is 10.1 Å². The van der Waals surface area contributed by atoms with Gasteiger partial charge >= 0.3 is 0 Å². The highest BCUT2D eigenvalue weighted by Crippen LogP contribution is 2.31. The third kappa shape index (κ3) is 2.99. The van der Waals surface area contributed by atoms with Crippen LogP contribution in [-0.2, 0) is 0 Å². The van der Waals surface area contributed by atoms with Crippen LogP contribution < -0.4 is 10.6 Å². The molecule has 5 nitrogen and oxygen atoms in total. The third-order valence-electron chi connectivity index (χ3n) is 4.32. The second-order valence-corrected chi connectivity index (χ2v) is 5.95. The van der Waals surface area contributed by atoms with Gasteiger partial charge in [0.2, 0.25) is 0 Å². The number of nitrogens with one attached hydrogen (secondary N) is 2. The van der Waals surface area contributed by atoms with Crippen molar-refractivity contribution in [2.75, 3.05) is 31.6 Å². The molecule has 2 aromatic carbocycles. The van der Waals surface area contributed by atoms with E-state index < -0.39 is 0 Å². The molecule has 25 heavy (non-hydrogen) atoms. The molecule has 3 N–H and O–H groups in total. The summed E-state index contributed by atoms with van der Waals surface area (Å²) in [6.07, 6.45) is 1.91. The van der Waals surface area contributed by atoms with Crippen LogP contribution in [0.1, 0.15) is 0 Å². The van der Waals surface area contributed by atoms with Crippen LogP contribution in [0.15, 0.2) is 54.7 Å². The molecule has 0 radical (unpaired) electrons. The first-order chi connectivity index (χ1) is 12.4. The molecule has 0 aliphatic rings. The second kappa shape index (κ2) is 7.01. The Hall–Kier alpha value is -2.76. The lowest BCUT2D eigenvalue weighted by atomic mass is 10.1. The van der Waals surface area contributed by atoms with Crippen LogP contribution in [0.2, 0.25) is 0 Å². The molecule has 0 aliphatic heterocycles. The first-order valence-corrected chi connectivity index (χ1v) is 8.50. The first kappa shape index (κ1) is 15.7. The molecule has 0 saturated carbocycles. The molecule has 4 aromatic rings. The van der Waals surface area contributed by atoms with E-state index in [1.807, 2.05) is 30.5 Å². The lowest BCUT2D eigenvalue weighted by molar-refractivity contribution is 0.293. The molecule has 0 fully saturated rings. The minimum absolute atomic E-state index is 0.148. The highest BCUT2D eigenvalue weighted by molar-refractivity contribution is 6.15. The van der Waals surface area contributed by atoms with Crippen LogP contribution in [0.5, 0.6) is 0 Å². The maximum absolute atomic E-state index is 8.84. The van der Waals surface area contributed by atoms with Crippen molar-refractivity contribution in [3.63, 3.8) is 0 Å². The molecule has 0 atom stereocenters. The fraction of sp³-hybridized carbons (Fsp3) is 0.200. The molecule has 0 spiro atoms. The summed E-state index contributed by atoms with van der Waals surface area (Å²) in [4.78, 5) is 9.57. The molecule has 0 saturated heterocycles. The molecule has 0 amide bonds. The minimum Gasteiger partial charge on any atom is -0.395 e. The maximum Gasteiger partial charge on any atom is 0.134 e. The van der Waals surface area contributed by atoms with Gasteiger partial charge in [0.05, 0.1) is 17.6 Å². The van der Waals surface area contributed by atoms with E-state index in [1.165, 1.54) is 0 Å². The number of anilines is 1. The zero-order valence-electron chi connectivity index (χ0n) is 13.9. The van der Waals surface area contributed by atoms with Crippen LogP contribution in [0.4, 0.5) is 5.82 Å². The molecular weight excluding hydrogens is 312 g/mol. The van der Waals surface area contributed by atoms with Crippen LogP contribution >= 0.6 is 0 Å². The van der Waals surface area contributed by atoms with Crippen LogP contribution in [0, 0.1) is 0 Å². The predicted molar refractivity (Wildman–Crippen MR) is 103 cm³/mol. The van der Waals surface area contributed by atoms with Gasteiger partial charge in [-0.3, -0.25) is 4.98 Å². The molecular formula is C20H20N4O. The van der Waals surface area contributed by atoms with Gasteiger partial charge < -0.3 is 15.7 Å². The number of fused-ring (bicyclic) bond motifs is 5. The highest BCUT2D eigenvalue weighted by atomic mass is 16.3. The quantitative estimate of drug-likeness (QED) is 0.374. The normalized spacial score (nSPS) is 11.4. The zero-order valence-corrected chi connectivity index (χ0v) is 13.9. The molecule has 0 aliphatic carbocycles. The van der Waals surface area contributed by atoms with Crippen molar-refractivity contribution in [1.82, 2.24) is 15.3 Å². The SMILES string of the molecule is OCCNCCNc1nc2c3ccccc3cnc2c2ccccc12. The number of aliphatic hydroxyl groups excluding tert-OH is 1. The van der Waals surface area contributed by atoms with Crippen molar-refractivity contribution in [3.05, 3.63) is 54.7 Å². The predicted octanol–water partition coefficient (Wildman–Crippen LogP) is 2.93. The van der Waals surface area contributed by atoms with Gasteiger partial charge in [0, 0.05) is 47.4 Å². The number of hydrogen-bond donors (Lipinski definition) is 3. The standard InChI is InChI=1S/C20H20N4O/c25-12-11-21-9-10-22-20-17-8-4-3-7-16(17)18-19(24-20)15-6-2-1-5-14(15)13-23-18/h1-8,13,21,25H,9-12H2,(H,22,24). The summed E-state index contributed by atoms with van der Waals surface area (Å²) in [7, 11) is 0. The average Bonchev–Trinajstić information content (AvgIpc) is 2.67. The van der Waals surface area contributed by atoms with E-state index in [-0.39, 0.29) is 6.61 Å². The zero-order chi connectivity index (χ0) is 17.1. The lowest BCUT2D eigenvalue weighted by Crippen LogP contribution is -2.25. The molecule has 2 heterocycles. The number of rotatable bonds is 6. The van der Waals surface area contributed by atoms with Gasteiger partial charge in [-0.05, 0) is 0 Å². The van der Waals surface area contributed by atoms with E-state index in [0.717, 1.165) is 51.5 Å². The van der Waals surface area contributed by atoms with E-state index in [2.05, 4.69) is 39.9 Å². The van der Waals surface area contributed by atoms with Gasteiger partial charge in [-0.15, -0.1) is 0 Å². The van der Waals surface area contributed by atoms with Crippen LogP contribution in [0.25, 0.3) is 32.6 Å². The number of nitrogens with zero attached hydrogens (tertiary/aromatic N) is 2. The third-order valence-corrected chi connectivity index (χ3v) is 4.32. The van der Waals surface area contributed by atoms with Gasteiger partial charge in [-0.1, -0.05) is 48.5 Å². The Kier molecular flexibility index (Phi) is 4.41. The first-order valence-electron chi connectivity index (χ1n) is 8.50. The van der Waals surface area contributed by atoms with Crippen molar-refractivity contribution >= 4 is 38.4 Å². The number of pyridine rings is 2. The van der Waals surface area contributed by atoms with Gasteiger partial charge in [-0.25, -0.2) is 4.98 Å². The molecule has 4 rings (SSSR count). The van der Waals surface area contributed by atoms with Crippen molar-refractivity contribution in [2.24, 2.45) is 0 Å². The second-order valence-electron chi connectivity index (χ2n) is 5.95. The van der Waals surface area contributed by atoms with E-state index >= 15 is 0 Å². The van der Waals surface area contributed by atoms with Gasteiger partial charge in [0.15, 0.2) is 0 Å². The molecule has 5 heteroatoms. The summed E-state index contributed by atoms with van der Waals surface area (Å²) in [6, 6.07) is 16.4. The monoisotopic (exact) mass is 332 g/mol. The highest BCUT2D eigenvalue weighted by Gasteiger charge is 2.11. The largest absolute Gasteiger partial charge is 0.395 e. The Bertz CT molecular complexity index is 1030. The Labute approximate surface area is 145 Å². The summed E-state index contributed by atoms with van der Waals surface area (Å²) in [5.41, 5.74) is 1.85. The van der Waals surface area contributed by atoms with Crippen molar-refractivity contribution in [3.8, 4) is 0 Å². The summed E-state index contributed by atoms with van der Waals surface area (Å²) in [5, 5.41) is 19.8. The van der Waals surface area contributed by atoms with E-state index in [1.54, 1.807) is 0 Å². The Morgan fingerprint density at radius 2 is 1.56 bits per heavy atom. The topological polar surface area (TPSA) is 70.1 Å². The minimum atomic E-state index is 0.148. The van der Waals surface area contributed by atoms with E-state index in [0.29, 0.717) is 6.54 Å². The fourth-order valence-corrected chi connectivity index (χ4v) is 3.13. The van der Waals surface area contributed by atoms with Crippen molar-refractivity contribution < 1.29 is 5.11 Å². The number of aliphatic hydroxyl groups is 1. The molecule has 0 bridgehead atoms. The van der Waals surface area contributed by atoms with Crippen molar-refractivity contribution in [1.29, 1.82) is 0 Å². The van der Waals surface area contributed by atoms with Gasteiger partial charge in [-0.2, -0.15) is 0 Å². The number of benzene rings is 2. The molecule has 2 aromatic heterocycles. The van der Waals surface area contributed by atoms with Crippen LogP contribution in [0.3, 0.4) is 0 Å². The summed E-state index contributed by atoms with van der Waals surface area (Å²) < 4.78 is 0. The Morgan fingerprint density at radius 1 is 0.800 bits per heavy atom. The lowest BCUT2D eigenvalue weighted by Gasteiger charge is -2.12.